The molecule has 29 heavy (non-hydrogen) atoms. The van der Waals surface area contributed by atoms with Gasteiger partial charge in [0.15, 0.2) is 11.5 Å². The molecule has 1 amide bonds. The molecule has 0 saturated heterocycles. The third kappa shape index (κ3) is 6.24. The van der Waals surface area contributed by atoms with Crippen LogP contribution in [-0.4, -0.2) is 30.6 Å². The molecule has 0 fully saturated rings. The van der Waals surface area contributed by atoms with Crippen molar-refractivity contribution in [1.29, 1.82) is 0 Å². The van der Waals surface area contributed by atoms with E-state index < -0.39 is 0 Å². The molecule has 1 aromatic heterocycles. The van der Waals surface area contributed by atoms with Crippen LogP contribution < -0.4 is 19.5 Å². The predicted molar refractivity (Wildman–Crippen MR) is 110 cm³/mol. The van der Waals surface area contributed by atoms with Crippen LogP contribution in [0.4, 0.5) is 0 Å². The molecule has 0 aliphatic rings. The van der Waals surface area contributed by atoms with Gasteiger partial charge in [-0.15, -0.1) is 0 Å². The fourth-order valence-corrected chi connectivity index (χ4v) is 2.63. The average Bonchev–Trinajstić information content (AvgIpc) is 2.77. The number of benzene rings is 2. The number of carbonyl (C=O) groups is 1. The first kappa shape index (κ1) is 20.2. The standard InChI is InChI=1S/C23H24N2O4/c1-2-27-22-16-19(8-9-21(22)29-17-18-10-12-24-13-11-18)23(26)25-14-15-28-20-6-4-3-5-7-20/h3-13,16H,2,14-15,17H2,1H3,(H,25,26). The lowest BCUT2D eigenvalue weighted by molar-refractivity contribution is 0.0946. The molecule has 0 atom stereocenters. The van der Waals surface area contributed by atoms with Crippen LogP contribution in [0.3, 0.4) is 0 Å². The summed E-state index contributed by atoms with van der Waals surface area (Å²) in [7, 11) is 0. The fraction of sp³-hybridized carbons (Fsp3) is 0.217. The zero-order valence-corrected chi connectivity index (χ0v) is 16.3. The van der Waals surface area contributed by atoms with Crippen LogP contribution >= 0.6 is 0 Å². The second-order valence-electron chi connectivity index (χ2n) is 6.16. The summed E-state index contributed by atoms with van der Waals surface area (Å²) in [6.07, 6.45) is 3.44. The van der Waals surface area contributed by atoms with Crippen molar-refractivity contribution in [3.05, 3.63) is 84.2 Å². The molecule has 3 rings (SSSR count). The minimum atomic E-state index is -0.191. The Morgan fingerprint density at radius 3 is 2.48 bits per heavy atom. The number of rotatable bonds is 10. The highest BCUT2D eigenvalue weighted by Crippen LogP contribution is 2.29. The van der Waals surface area contributed by atoms with E-state index in [0.29, 0.717) is 43.4 Å². The second-order valence-corrected chi connectivity index (χ2v) is 6.16. The minimum absolute atomic E-state index is 0.191. The van der Waals surface area contributed by atoms with Crippen molar-refractivity contribution >= 4 is 5.91 Å². The lowest BCUT2D eigenvalue weighted by Crippen LogP contribution is -2.28. The molecular formula is C23H24N2O4. The van der Waals surface area contributed by atoms with Gasteiger partial charge in [0.2, 0.25) is 0 Å². The Hall–Kier alpha value is -3.54. The molecular weight excluding hydrogens is 368 g/mol. The monoisotopic (exact) mass is 392 g/mol. The molecule has 6 nitrogen and oxygen atoms in total. The number of hydrogen-bond acceptors (Lipinski definition) is 5. The molecule has 0 saturated carbocycles. The van der Waals surface area contributed by atoms with Crippen LogP contribution in [0.15, 0.2) is 73.1 Å². The quantitative estimate of drug-likeness (QED) is 0.531. The van der Waals surface area contributed by atoms with E-state index in [2.05, 4.69) is 10.3 Å². The smallest absolute Gasteiger partial charge is 0.251 e. The van der Waals surface area contributed by atoms with Gasteiger partial charge >= 0.3 is 0 Å². The topological polar surface area (TPSA) is 69.7 Å². The fourth-order valence-electron chi connectivity index (χ4n) is 2.63. The van der Waals surface area contributed by atoms with Crippen molar-refractivity contribution in [2.75, 3.05) is 19.8 Å². The molecule has 0 bridgehead atoms. The molecule has 0 radical (unpaired) electrons. The van der Waals surface area contributed by atoms with Crippen molar-refractivity contribution in [3.8, 4) is 17.2 Å². The summed E-state index contributed by atoms with van der Waals surface area (Å²) in [5, 5.41) is 2.85. The van der Waals surface area contributed by atoms with E-state index in [-0.39, 0.29) is 5.91 Å². The summed E-state index contributed by atoms with van der Waals surface area (Å²) in [6.45, 7) is 3.55. The Morgan fingerprint density at radius 1 is 0.931 bits per heavy atom. The van der Waals surface area contributed by atoms with Gasteiger partial charge in [-0.2, -0.15) is 0 Å². The predicted octanol–water partition coefficient (Wildman–Crippen LogP) is 3.87. The first-order valence-corrected chi connectivity index (χ1v) is 9.51. The maximum absolute atomic E-state index is 12.4. The molecule has 0 aliphatic heterocycles. The van der Waals surface area contributed by atoms with E-state index in [9.17, 15) is 4.79 Å². The summed E-state index contributed by atoms with van der Waals surface area (Å²) >= 11 is 0. The summed E-state index contributed by atoms with van der Waals surface area (Å²) < 4.78 is 17.1. The number of hydrogen-bond donors (Lipinski definition) is 1. The van der Waals surface area contributed by atoms with Crippen molar-refractivity contribution in [2.45, 2.75) is 13.5 Å². The van der Waals surface area contributed by atoms with Gasteiger partial charge in [0.25, 0.3) is 5.91 Å². The Balaban J connectivity index is 1.55. The Labute approximate surface area is 170 Å². The van der Waals surface area contributed by atoms with Crippen LogP contribution in [0.2, 0.25) is 0 Å². The molecule has 150 valence electrons. The Morgan fingerprint density at radius 2 is 1.72 bits per heavy atom. The first-order valence-electron chi connectivity index (χ1n) is 9.51. The molecule has 6 heteroatoms. The van der Waals surface area contributed by atoms with Gasteiger partial charge in [0.05, 0.1) is 13.2 Å². The van der Waals surface area contributed by atoms with Crippen LogP contribution in [0, 0.1) is 0 Å². The third-order valence-corrected chi connectivity index (χ3v) is 4.05. The highest BCUT2D eigenvalue weighted by Gasteiger charge is 2.12. The average molecular weight is 392 g/mol. The van der Waals surface area contributed by atoms with Crippen molar-refractivity contribution in [1.82, 2.24) is 10.3 Å². The number of amides is 1. The largest absolute Gasteiger partial charge is 0.492 e. The molecule has 2 aromatic carbocycles. The summed E-state index contributed by atoms with van der Waals surface area (Å²) in [4.78, 5) is 16.4. The molecule has 3 aromatic rings. The highest BCUT2D eigenvalue weighted by molar-refractivity contribution is 5.94. The van der Waals surface area contributed by atoms with Crippen molar-refractivity contribution in [2.24, 2.45) is 0 Å². The van der Waals surface area contributed by atoms with Gasteiger partial charge < -0.3 is 19.5 Å². The molecule has 0 unspecified atom stereocenters. The third-order valence-electron chi connectivity index (χ3n) is 4.05. The van der Waals surface area contributed by atoms with Gasteiger partial charge in [-0.25, -0.2) is 0 Å². The van der Waals surface area contributed by atoms with E-state index in [0.717, 1.165) is 11.3 Å². The minimum Gasteiger partial charge on any atom is -0.492 e. The van der Waals surface area contributed by atoms with Crippen molar-refractivity contribution < 1.29 is 19.0 Å². The van der Waals surface area contributed by atoms with Gasteiger partial charge in [-0.05, 0) is 55.0 Å². The van der Waals surface area contributed by atoms with Gasteiger partial charge in [0, 0.05) is 18.0 Å². The zero-order valence-electron chi connectivity index (χ0n) is 16.3. The summed E-state index contributed by atoms with van der Waals surface area (Å²) in [5.41, 5.74) is 1.51. The van der Waals surface area contributed by atoms with Gasteiger partial charge in [-0.3, -0.25) is 9.78 Å². The van der Waals surface area contributed by atoms with Crippen LogP contribution in [0.1, 0.15) is 22.8 Å². The van der Waals surface area contributed by atoms with E-state index in [4.69, 9.17) is 14.2 Å². The van der Waals surface area contributed by atoms with E-state index in [1.807, 2.05) is 49.4 Å². The van der Waals surface area contributed by atoms with Gasteiger partial charge in [0.1, 0.15) is 19.0 Å². The molecule has 1 heterocycles. The number of ether oxygens (including phenoxy) is 3. The number of aromatic nitrogens is 1. The van der Waals surface area contributed by atoms with Crippen LogP contribution in [-0.2, 0) is 6.61 Å². The number of carbonyl (C=O) groups excluding carboxylic acids is 1. The van der Waals surface area contributed by atoms with E-state index in [1.54, 1.807) is 30.6 Å². The first-order chi connectivity index (χ1) is 14.3. The van der Waals surface area contributed by atoms with E-state index in [1.165, 1.54) is 0 Å². The number of para-hydroxylation sites is 1. The Bertz CT molecular complexity index is 901. The highest BCUT2D eigenvalue weighted by atomic mass is 16.5. The molecule has 1 N–H and O–H groups in total. The van der Waals surface area contributed by atoms with Crippen molar-refractivity contribution in [3.63, 3.8) is 0 Å². The normalized spacial score (nSPS) is 10.2. The van der Waals surface area contributed by atoms with E-state index >= 15 is 0 Å². The van der Waals surface area contributed by atoms with Crippen LogP contribution in [0.25, 0.3) is 0 Å². The molecule has 0 aliphatic carbocycles. The number of nitrogens with zero attached hydrogens (tertiary/aromatic N) is 1. The number of pyridine rings is 1. The van der Waals surface area contributed by atoms with Gasteiger partial charge in [-0.1, -0.05) is 18.2 Å². The number of nitrogens with one attached hydrogen (secondary N) is 1. The maximum atomic E-state index is 12.4. The second kappa shape index (κ2) is 10.7. The summed E-state index contributed by atoms with van der Waals surface area (Å²) in [5.74, 6) is 1.71. The molecule has 0 spiro atoms. The zero-order chi connectivity index (χ0) is 20.3. The SMILES string of the molecule is CCOc1cc(C(=O)NCCOc2ccccc2)ccc1OCc1ccncc1. The Kier molecular flexibility index (Phi) is 7.46. The summed E-state index contributed by atoms with van der Waals surface area (Å²) in [6, 6.07) is 18.4. The lowest BCUT2D eigenvalue weighted by atomic mass is 10.2. The lowest BCUT2D eigenvalue weighted by Gasteiger charge is -2.14. The van der Waals surface area contributed by atoms with Crippen LogP contribution in [0.5, 0.6) is 17.2 Å². The maximum Gasteiger partial charge on any atom is 0.251 e.